The summed E-state index contributed by atoms with van der Waals surface area (Å²) in [7, 11) is 0. The largest absolute Gasteiger partial charge is 0.378 e. The summed E-state index contributed by atoms with van der Waals surface area (Å²) in [4.78, 5) is 14.6. The van der Waals surface area contributed by atoms with Crippen molar-refractivity contribution in [3.63, 3.8) is 0 Å². The number of allylic oxidation sites excluding steroid dienone is 1. The molecule has 3 rings (SSSR count). The number of carbonyl (C=O) groups is 1. The minimum atomic E-state index is -0.419. The van der Waals surface area contributed by atoms with Crippen molar-refractivity contribution in [3.05, 3.63) is 71.0 Å². The fourth-order valence-electron chi connectivity index (χ4n) is 2.67. The van der Waals surface area contributed by atoms with Crippen molar-refractivity contribution in [1.29, 1.82) is 5.26 Å². The number of rotatable bonds is 4. The third-order valence-corrected chi connectivity index (χ3v) is 4.05. The van der Waals surface area contributed by atoms with Crippen molar-refractivity contribution < 1.29 is 13.9 Å². The molecule has 0 aromatic heterocycles. The second kappa shape index (κ2) is 7.73. The second-order valence-electron chi connectivity index (χ2n) is 5.70. The molecule has 1 fully saturated rings. The Balaban J connectivity index is 1.78. The molecule has 0 aliphatic carbocycles. The summed E-state index contributed by atoms with van der Waals surface area (Å²) in [5.74, 6) is -0.836. The highest BCUT2D eigenvalue weighted by Crippen LogP contribution is 2.19. The molecule has 25 heavy (non-hydrogen) atoms. The summed E-state index contributed by atoms with van der Waals surface area (Å²) in [6.45, 7) is 3.13. The zero-order valence-electron chi connectivity index (χ0n) is 13.6. The molecule has 2 aromatic rings. The Morgan fingerprint density at radius 1 is 1.08 bits per heavy atom. The zero-order chi connectivity index (χ0) is 17.6. The van der Waals surface area contributed by atoms with E-state index in [4.69, 9.17) is 4.74 Å². The van der Waals surface area contributed by atoms with Gasteiger partial charge in [-0.1, -0.05) is 12.1 Å². The van der Waals surface area contributed by atoms with Gasteiger partial charge < -0.3 is 9.64 Å². The normalized spacial score (nSPS) is 14.9. The summed E-state index contributed by atoms with van der Waals surface area (Å²) < 4.78 is 18.3. The molecule has 0 unspecified atom stereocenters. The molecule has 0 N–H and O–H groups in total. The van der Waals surface area contributed by atoms with E-state index in [-0.39, 0.29) is 5.57 Å². The Labute approximate surface area is 145 Å². The van der Waals surface area contributed by atoms with Gasteiger partial charge in [0.2, 0.25) is 5.78 Å². The van der Waals surface area contributed by atoms with Crippen LogP contribution in [0, 0.1) is 17.1 Å². The van der Waals surface area contributed by atoms with Crippen LogP contribution < -0.4 is 4.90 Å². The van der Waals surface area contributed by atoms with Crippen LogP contribution in [0.4, 0.5) is 10.1 Å². The molecule has 1 saturated heterocycles. The fourth-order valence-corrected chi connectivity index (χ4v) is 2.67. The van der Waals surface area contributed by atoms with Crippen molar-refractivity contribution in [2.45, 2.75) is 0 Å². The van der Waals surface area contributed by atoms with Gasteiger partial charge in [-0.3, -0.25) is 4.79 Å². The lowest BCUT2D eigenvalue weighted by atomic mass is 10.0. The van der Waals surface area contributed by atoms with Gasteiger partial charge >= 0.3 is 0 Å². The number of benzene rings is 2. The van der Waals surface area contributed by atoms with E-state index in [9.17, 15) is 14.4 Å². The maximum absolute atomic E-state index is 13.0. The smallest absolute Gasteiger partial charge is 0.203 e. The molecule has 0 atom stereocenters. The van der Waals surface area contributed by atoms with Crippen LogP contribution in [0.5, 0.6) is 0 Å². The standard InChI is InChI=1S/C20H17FN2O2/c21-18-5-3-16(4-6-18)20(24)17(14-22)13-15-1-7-19(8-2-15)23-9-11-25-12-10-23/h1-8,13H,9-12H2/b17-13+. The number of ketones is 1. The number of nitrogens with zero attached hydrogens (tertiary/aromatic N) is 2. The van der Waals surface area contributed by atoms with Crippen molar-refractivity contribution in [3.8, 4) is 6.07 Å². The molecule has 1 heterocycles. The van der Waals surface area contributed by atoms with Crippen LogP contribution in [-0.2, 0) is 4.74 Å². The van der Waals surface area contributed by atoms with Crippen molar-refractivity contribution in [1.82, 2.24) is 0 Å². The summed E-state index contributed by atoms with van der Waals surface area (Å²) in [5, 5.41) is 9.30. The first-order chi connectivity index (χ1) is 12.2. The maximum atomic E-state index is 13.0. The molecule has 0 amide bonds. The first-order valence-corrected chi connectivity index (χ1v) is 8.02. The van der Waals surface area contributed by atoms with Gasteiger partial charge in [0, 0.05) is 24.3 Å². The van der Waals surface area contributed by atoms with Crippen molar-refractivity contribution in [2.75, 3.05) is 31.2 Å². The van der Waals surface area contributed by atoms with E-state index >= 15 is 0 Å². The van der Waals surface area contributed by atoms with Gasteiger partial charge in [0.05, 0.1) is 13.2 Å². The second-order valence-corrected chi connectivity index (χ2v) is 5.70. The zero-order valence-corrected chi connectivity index (χ0v) is 13.6. The highest BCUT2D eigenvalue weighted by Gasteiger charge is 2.13. The summed E-state index contributed by atoms with van der Waals surface area (Å²) in [6.07, 6.45) is 1.55. The van der Waals surface area contributed by atoms with Gasteiger partial charge in [0.1, 0.15) is 17.5 Å². The van der Waals surface area contributed by atoms with Crippen LogP contribution in [0.15, 0.2) is 54.1 Å². The monoisotopic (exact) mass is 336 g/mol. The molecule has 4 nitrogen and oxygen atoms in total. The average molecular weight is 336 g/mol. The van der Waals surface area contributed by atoms with Crippen LogP contribution in [-0.4, -0.2) is 32.1 Å². The van der Waals surface area contributed by atoms with Gasteiger partial charge in [0.15, 0.2) is 0 Å². The topological polar surface area (TPSA) is 53.3 Å². The van der Waals surface area contributed by atoms with Crippen LogP contribution >= 0.6 is 0 Å². The van der Waals surface area contributed by atoms with Gasteiger partial charge in [-0.05, 0) is 48.0 Å². The van der Waals surface area contributed by atoms with Gasteiger partial charge in [-0.2, -0.15) is 5.26 Å². The number of hydrogen-bond donors (Lipinski definition) is 0. The third kappa shape index (κ3) is 4.11. The van der Waals surface area contributed by atoms with E-state index in [1.807, 2.05) is 30.3 Å². The number of ether oxygens (including phenoxy) is 1. The highest BCUT2D eigenvalue weighted by atomic mass is 19.1. The molecule has 1 aliphatic heterocycles. The molecule has 0 bridgehead atoms. The first kappa shape index (κ1) is 16.9. The molecular weight excluding hydrogens is 319 g/mol. The Hall–Kier alpha value is -2.97. The number of Topliss-reactive ketones (excluding diaryl/α,β-unsaturated/α-hetero) is 1. The number of hydrogen-bond acceptors (Lipinski definition) is 4. The van der Waals surface area contributed by atoms with Crippen molar-refractivity contribution in [2.24, 2.45) is 0 Å². The minimum Gasteiger partial charge on any atom is -0.378 e. The van der Waals surface area contributed by atoms with Crippen molar-refractivity contribution >= 4 is 17.5 Å². The van der Waals surface area contributed by atoms with E-state index in [0.29, 0.717) is 18.8 Å². The highest BCUT2D eigenvalue weighted by molar-refractivity contribution is 6.14. The third-order valence-electron chi connectivity index (χ3n) is 4.05. The Morgan fingerprint density at radius 3 is 2.32 bits per heavy atom. The predicted molar refractivity (Wildman–Crippen MR) is 93.8 cm³/mol. The van der Waals surface area contributed by atoms with Gasteiger partial charge in [-0.25, -0.2) is 4.39 Å². The van der Waals surface area contributed by atoms with Crippen LogP contribution in [0.2, 0.25) is 0 Å². The minimum absolute atomic E-state index is 0.0192. The number of nitriles is 1. The lowest BCUT2D eigenvalue weighted by Crippen LogP contribution is -2.36. The van der Waals surface area contributed by atoms with E-state index in [2.05, 4.69) is 4.90 Å². The Kier molecular flexibility index (Phi) is 5.22. The first-order valence-electron chi connectivity index (χ1n) is 8.02. The van der Waals surface area contributed by atoms with Gasteiger partial charge in [0.25, 0.3) is 0 Å². The quantitative estimate of drug-likeness (QED) is 0.487. The van der Waals surface area contributed by atoms with Crippen LogP contribution in [0.3, 0.4) is 0 Å². The molecule has 126 valence electrons. The summed E-state index contributed by atoms with van der Waals surface area (Å²) in [6, 6.07) is 14.8. The van der Waals surface area contributed by atoms with Crippen LogP contribution in [0.1, 0.15) is 15.9 Å². The number of anilines is 1. The average Bonchev–Trinajstić information content (AvgIpc) is 2.67. The van der Waals surface area contributed by atoms with E-state index in [0.717, 1.165) is 24.3 Å². The van der Waals surface area contributed by atoms with E-state index in [1.165, 1.54) is 24.3 Å². The number of halogens is 1. The maximum Gasteiger partial charge on any atom is 0.203 e. The summed E-state index contributed by atoms with van der Waals surface area (Å²) >= 11 is 0. The number of morpholine rings is 1. The molecular formula is C20H17FN2O2. The lowest BCUT2D eigenvalue weighted by Gasteiger charge is -2.28. The SMILES string of the molecule is N#C/C(=C\c1ccc(N2CCOCC2)cc1)C(=O)c1ccc(F)cc1. The van der Waals surface area contributed by atoms with E-state index < -0.39 is 11.6 Å². The van der Waals surface area contributed by atoms with Crippen LogP contribution in [0.25, 0.3) is 6.08 Å². The molecule has 1 aliphatic rings. The Bertz CT molecular complexity index is 814. The Morgan fingerprint density at radius 2 is 1.72 bits per heavy atom. The van der Waals surface area contributed by atoms with Gasteiger partial charge in [-0.15, -0.1) is 0 Å². The molecule has 2 aromatic carbocycles. The van der Waals surface area contributed by atoms with E-state index in [1.54, 1.807) is 6.08 Å². The predicted octanol–water partition coefficient (Wildman–Crippen LogP) is 3.45. The molecule has 0 saturated carbocycles. The molecule has 5 heteroatoms. The molecule has 0 radical (unpaired) electrons. The number of carbonyl (C=O) groups excluding carboxylic acids is 1. The lowest BCUT2D eigenvalue weighted by molar-refractivity contribution is 0.104. The molecule has 0 spiro atoms. The fraction of sp³-hybridized carbons (Fsp3) is 0.200. The summed E-state index contributed by atoms with van der Waals surface area (Å²) in [5.41, 5.74) is 2.16.